The molecule has 5 nitrogen and oxygen atoms in total. The van der Waals surface area contributed by atoms with Crippen LogP contribution in [0.4, 0.5) is 18.0 Å². The zero-order chi connectivity index (χ0) is 16.9. The molecule has 0 aliphatic carbocycles. The van der Waals surface area contributed by atoms with Crippen LogP contribution in [0.2, 0.25) is 0 Å². The first kappa shape index (κ1) is 17.6. The number of likely N-dealkylation sites (tertiary alicyclic amines) is 1. The van der Waals surface area contributed by atoms with Gasteiger partial charge in [-0.05, 0) is 12.0 Å². The van der Waals surface area contributed by atoms with E-state index in [1.807, 2.05) is 6.07 Å². The van der Waals surface area contributed by atoms with Crippen LogP contribution in [0.15, 0.2) is 30.3 Å². The van der Waals surface area contributed by atoms with Gasteiger partial charge in [0.1, 0.15) is 0 Å². The number of benzene rings is 1. The second-order valence-corrected chi connectivity index (χ2v) is 5.60. The van der Waals surface area contributed by atoms with Crippen LogP contribution < -0.4 is 10.6 Å². The fraction of sp³-hybridized carbons (Fsp3) is 0.533. The molecule has 1 aromatic carbocycles. The molecule has 1 fully saturated rings. The highest BCUT2D eigenvalue weighted by Crippen LogP contribution is 2.20. The average molecular weight is 331 g/mol. The van der Waals surface area contributed by atoms with Crippen molar-refractivity contribution in [2.45, 2.75) is 24.7 Å². The third-order valence-electron chi connectivity index (χ3n) is 3.70. The van der Waals surface area contributed by atoms with E-state index < -0.39 is 24.8 Å². The van der Waals surface area contributed by atoms with Crippen LogP contribution in [0.3, 0.4) is 0 Å². The van der Waals surface area contributed by atoms with Crippen LogP contribution in [0.1, 0.15) is 18.0 Å². The van der Waals surface area contributed by atoms with E-state index in [9.17, 15) is 23.1 Å². The number of aliphatic hydroxyl groups is 1. The Morgan fingerprint density at radius 3 is 2.65 bits per heavy atom. The predicted molar refractivity (Wildman–Crippen MR) is 78.8 cm³/mol. The number of halogens is 3. The fourth-order valence-electron chi connectivity index (χ4n) is 2.65. The van der Waals surface area contributed by atoms with E-state index in [0.717, 1.165) is 5.56 Å². The Balaban J connectivity index is 1.81. The molecule has 0 radical (unpaired) electrons. The molecule has 1 aliphatic rings. The van der Waals surface area contributed by atoms with Gasteiger partial charge in [-0.2, -0.15) is 13.2 Å². The second kappa shape index (κ2) is 7.65. The topological polar surface area (TPSA) is 64.6 Å². The molecule has 1 aromatic rings. The Morgan fingerprint density at radius 1 is 1.35 bits per heavy atom. The number of hydrogen-bond acceptors (Lipinski definition) is 3. The standard InChI is InChI=1S/C15H20F3N3O2/c16-15(17,18)10-21-7-6-12(8-21)19-14(23)20-13(9-22)11-4-2-1-3-5-11/h1-5,12-13,22H,6-10H2,(H2,19,20,23). The van der Waals surface area contributed by atoms with E-state index in [-0.39, 0.29) is 19.2 Å². The minimum atomic E-state index is -4.23. The highest BCUT2D eigenvalue weighted by Gasteiger charge is 2.34. The van der Waals surface area contributed by atoms with Gasteiger partial charge in [0.25, 0.3) is 0 Å². The highest BCUT2D eigenvalue weighted by atomic mass is 19.4. The van der Waals surface area contributed by atoms with Crippen molar-refractivity contribution >= 4 is 6.03 Å². The van der Waals surface area contributed by atoms with E-state index in [1.54, 1.807) is 24.3 Å². The molecule has 1 saturated heterocycles. The first-order chi connectivity index (χ1) is 10.9. The monoisotopic (exact) mass is 331 g/mol. The smallest absolute Gasteiger partial charge is 0.394 e. The minimum Gasteiger partial charge on any atom is -0.394 e. The number of alkyl halides is 3. The predicted octanol–water partition coefficient (Wildman–Crippen LogP) is 1.66. The van der Waals surface area contributed by atoms with Crippen molar-refractivity contribution in [1.82, 2.24) is 15.5 Å². The van der Waals surface area contributed by atoms with Crippen molar-refractivity contribution in [2.24, 2.45) is 0 Å². The van der Waals surface area contributed by atoms with Gasteiger partial charge in [-0.3, -0.25) is 4.90 Å². The molecule has 2 amide bonds. The quantitative estimate of drug-likeness (QED) is 0.769. The Labute approximate surface area is 132 Å². The summed E-state index contributed by atoms with van der Waals surface area (Å²) in [5.41, 5.74) is 0.760. The van der Waals surface area contributed by atoms with Gasteiger partial charge in [0, 0.05) is 19.1 Å². The molecule has 2 unspecified atom stereocenters. The summed E-state index contributed by atoms with van der Waals surface area (Å²) in [6.07, 6.45) is -3.76. The number of urea groups is 1. The van der Waals surface area contributed by atoms with Crippen molar-refractivity contribution in [3.63, 3.8) is 0 Å². The molecule has 23 heavy (non-hydrogen) atoms. The van der Waals surface area contributed by atoms with Crippen LogP contribution in [0.5, 0.6) is 0 Å². The summed E-state index contributed by atoms with van der Waals surface area (Å²) in [7, 11) is 0. The molecule has 2 rings (SSSR count). The van der Waals surface area contributed by atoms with Gasteiger partial charge in [-0.15, -0.1) is 0 Å². The number of nitrogens with one attached hydrogen (secondary N) is 2. The van der Waals surface area contributed by atoms with Crippen LogP contribution in [0.25, 0.3) is 0 Å². The molecule has 1 aliphatic heterocycles. The first-order valence-electron chi connectivity index (χ1n) is 7.39. The van der Waals surface area contributed by atoms with E-state index in [2.05, 4.69) is 10.6 Å². The van der Waals surface area contributed by atoms with Gasteiger partial charge in [-0.25, -0.2) is 4.79 Å². The number of amides is 2. The normalized spacial score (nSPS) is 20.3. The Hall–Kier alpha value is -1.80. The van der Waals surface area contributed by atoms with Crippen molar-refractivity contribution < 1.29 is 23.1 Å². The lowest BCUT2D eigenvalue weighted by atomic mass is 10.1. The summed E-state index contributed by atoms with van der Waals surface area (Å²) >= 11 is 0. The van der Waals surface area contributed by atoms with E-state index >= 15 is 0 Å². The average Bonchev–Trinajstić information content (AvgIpc) is 2.90. The molecule has 0 spiro atoms. The van der Waals surface area contributed by atoms with Crippen molar-refractivity contribution in [3.8, 4) is 0 Å². The van der Waals surface area contributed by atoms with Crippen LogP contribution >= 0.6 is 0 Å². The molecule has 128 valence electrons. The summed E-state index contributed by atoms with van der Waals surface area (Å²) in [6.45, 7) is -0.757. The third-order valence-corrected chi connectivity index (χ3v) is 3.70. The molecule has 2 atom stereocenters. The lowest BCUT2D eigenvalue weighted by Crippen LogP contribution is -2.45. The molecule has 0 saturated carbocycles. The van der Waals surface area contributed by atoms with Gasteiger partial charge >= 0.3 is 12.2 Å². The van der Waals surface area contributed by atoms with Crippen molar-refractivity contribution in [1.29, 1.82) is 0 Å². The van der Waals surface area contributed by atoms with Gasteiger partial charge in [0.2, 0.25) is 0 Å². The number of carbonyl (C=O) groups excluding carboxylic acids is 1. The van der Waals surface area contributed by atoms with E-state index in [1.165, 1.54) is 4.90 Å². The number of hydrogen-bond donors (Lipinski definition) is 3. The van der Waals surface area contributed by atoms with Gasteiger partial charge in [0.05, 0.1) is 19.2 Å². The largest absolute Gasteiger partial charge is 0.401 e. The maximum Gasteiger partial charge on any atom is 0.401 e. The maximum absolute atomic E-state index is 12.3. The fourth-order valence-corrected chi connectivity index (χ4v) is 2.65. The summed E-state index contributed by atoms with van der Waals surface area (Å²) < 4.78 is 37.0. The lowest BCUT2D eigenvalue weighted by molar-refractivity contribution is -0.143. The molecule has 1 heterocycles. The number of carbonyl (C=O) groups is 1. The number of rotatable bonds is 5. The van der Waals surface area contributed by atoms with Gasteiger partial charge in [0.15, 0.2) is 0 Å². The van der Waals surface area contributed by atoms with Crippen molar-refractivity contribution in [3.05, 3.63) is 35.9 Å². The van der Waals surface area contributed by atoms with E-state index in [4.69, 9.17) is 0 Å². The summed E-state index contributed by atoms with van der Waals surface area (Å²) in [6, 6.07) is 7.60. The molecule has 8 heteroatoms. The number of aliphatic hydroxyl groups excluding tert-OH is 1. The molecule has 3 N–H and O–H groups in total. The lowest BCUT2D eigenvalue weighted by Gasteiger charge is -2.20. The van der Waals surface area contributed by atoms with E-state index in [0.29, 0.717) is 13.0 Å². The molecular formula is C15H20F3N3O2. The highest BCUT2D eigenvalue weighted by molar-refractivity contribution is 5.74. The molecular weight excluding hydrogens is 311 g/mol. The van der Waals surface area contributed by atoms with Crippen LogP contribution in [-0.2, 0) is 0 Å². The Bertz CT molecular complexity index is 510. The third kappa shape index (κ3) is 5.72. The second-order valence-electron chi connectivity index (χ2n) is 5.60. The van der Waals surface area contributed by atoms with Gasteiger partial charge < -0.3 is 15.7 Å². The van der Waals surface area contributed by atoms with Crippen molar-refractivity contribution in [2.75, 3.05) is 26.2 Å². The summed E-state index contributed by atoms with van der Waals surface area (Å²) in [4.78, 5) is 13.2. The molecule has 0 bridgehead atoms. The van der Waals surface area contributed by atoms with Gasteiger partial charge in [-0.1, -0.05) is 30.3 Å². The zero-order valence-corrected chi connectivity index (χ0v) is 12.5. The van der Waals surface area contributed by atoms with Crippen LogP contribution in [-0.4, -0.2) is 54.5 Å². The van der Waals surface area contributed by atoms with Crippen LogP contribution in [0, 0.1) is 0 Å². The Kier molecular flexibility index (Phi) is 5.84. The number of nitrogens with zero attached hydrogens (tertiary/aromatic N) is 1. The zero-order valence-electron chi connectivity index (χ0n) is 12.5. The maximum atomic E-state index is 12.3. The molecule has 0 aromatic heterocycles. The Morgan fingerprint density at radius 2 is 2.04 bits per heavy atom. The summed E-state index contributed by atoms with van der Waals surface area (Å²) in [5.74, 6) is 0. The minimum absolute atomic E-state index is 0.169. The SMILES string of the molecule is O=C(NC1CCN(CC(F)(F)F)C1)NC(CO)c1ccccc1. The summed E-state index contributed by atoms with van der Waals surface area (Å²) in [5, 5.41) is 14.7. The first-order valence-corrected chi connectivity index (χ1v) is 7.39.